The number of carbonyl (C=O) groups is 1. The molecule has 3 heteroatoms. The van der Waals surface area contributed by atoms with Gasteiger partial charge in [0.15, 0.2) is 0 Å². The van der Waals surface area contributed by atoms with Crippen LogP contribution in [0.15, 0.2) is 0 Å². The molecule has 1 unspecified atom stereocenters. The molecule has 102 valence electrons. The highest BCUT2D eigenvalue weighted by Gasteiger charge is 2.57. The van der Waals surface area contributed by atoms with Crippen LogP contribution in [0.2, 0.25) is 0 Å². The minimum absolute atomic E-state index is 0.372. The lowest BCUT2D eigenvalue weighted by atomic mass is 9.63. The molecule has 3 atom stereocenters. The fraction of sp³-hybridized carbons (Fsp3) is 0.933. The standard InChI is InChI=1S/C15H25NO2/c17-14(18)15(12-7-2-1-3-8-12)13-9-5-4-6-11(13)10-16-15/h11-13,16H,1-10H2,(H,17,18)/t11-,13-,15?/m0/s1. The monoisotopic (exact) mass is 251 g/mol. The van der Waals surface area contributed by atoms with E-state index in [0.717, 1.165) is 25.8 Å². The first-order valence-electron chi connectivity index (χ1n) is 7.73. The molecular weight excluding hydrogens is 226 g/mol. The maximum Gasteiger partial charge on any atom is 0.324 e. The predicted octanol–water partition coefficient (Wildman–Crippen LogP) is 2.80. The van der Waals surface area contributed by atoms with E-state index in [2.05, 4.69) is 5.32 Å². The summed E-state index contributed by atoms with van der Waals surface area (Å²) in [6.45, 7) is 0.938. The van der Waals surface area contributed by atoms with Crippen molar-refractivity contribution < 1.29 is 9.90 Å². The number of carboxylic acids is 1. The Morgan fingerprint density at radius 3 is 2.39 bits per heavy atom. The molecule has 18 heavy (non-hydrogen) atoms. The Kier molecular flexibility index (Phi) is 3.35. The van der Waals surface area contributed by atoms with Gasteiger partial charge in [0, 0.05) is 0 Å². The smallest absolute Gasteiger partial charge is 0.324 e. The Labute approximate surface area is 109 Å². The largest absolute Gasteiger partial charge is 0.480 e. The maximum absolute atomic E-state index is 12.0. The number of nitrogens with one attached hydrogen (secondary N) is 1. The number of aliphatic carboxylic acids is 1. The van der Waals surface area contributed by atoms with Gasteiger partial charge in [0.25, 0.3) is 0 Å². The SMILES string of the molecule is O=C(O)C1(C2CCCCC2)NC[C@@H]2CCCC[C@@H]21. The van der Waals surface area contributed by atoms with Crippen LogP contribution in [0, 0.1) is 17.8 Å². The number of hydrogen-bond donors (Lipinski definition) is 2. The lowest BCUT2D eigenvalue weighted by Gasteiger charge is -2.43. The maximum atomic E-state index is 12.0. The van der Waals surface area contributed by atoms with Crippen molar-refractivity contribution >= 4 is 5.97 Å². The van der Waals surface area contributed by atoms with Crippen LogP contribution in [0.25, 0.3) is 0 Å². The third kappa shape index (κ3) is 1.78. The molecule has 0 aromatic heterocycles. The van der Waals surface area contributed by atoms with E-state index in [1.807, 2.05) is 0 Å². The molecule has 1 saturated heterocycles. The van der Waals surface area contributed by atoms with E-state index in [9.17, 15) is 9.90 Å². The highest BCUT2D eigenvalue weighted by Crippen LogP contribution is 2.48. The van der Waals surface area contributed by atoms with E-state index in [4.69, 9.17) is 0 Å². The first-order valence-corrected chi connectivity index (χ1v) is 7.73. The third-order valence-corrected chi connectivity index (χ3v) is 5.75. The lowest BCUT2D eigenvalue weighted by Crippen LogP contribution is -2.58. The summed E-state index contributed by atoms with van der Waals surface area (Å²) in [5.41, 5.74) is -0.578. The molecule has 0 amide bonds. The van der Waals surface area contributed by atoms with Gasteiger partial charge in [-0.15, -0.1) is 0 Å². The van der Waals surface area contributed by atoms with Crippen molar-refractivity contribution in [3.05, 3.63) is 0 Å². The highest BCUT2D eigenvalue weighted by molar-refractivity contribution is 5.80. The Hall–Kier alpha value is -0.570. The molecule has 2 N–H and O–H groups in total. The third-order valence-electron chi connectivity index (χ3n) is 5.75. The molecule has 2 aliphatic carbocycles. The van der Waals surface area contributed by atoms with E-state index >= 15 is 0 Å². The van der Waals surface area contributed by atoms with Crippen LogP contribution in [-0.4, -0.2) is 23.2 Å². The number of fused-ring (bicyclic) bond motifs is 1. The summed E-state index contributed by atoms with van der Waals surface area (Å²) in [6, 6.07) is 0. The summed E-state index contributed by atoms with van der Waals surface area (Å²) in [5.74, 6) is 0.823. The van der Waals surface area contributed by atoms with Gasteiger partial charge in [0.1, 0.15) is 5.54 Å². The summed E-state index contributed by atoms with van der Waals surface area (Å²) in [5, 5.41) is 13.4. The van der Waals surface area contributed by atoms with Crippen molar-refractivity contribution in [2.24, 2.45) is 17.8 Å². The summed E-state index contributed by atoms with van der Waals surface area (Å²) < 4.78 is 0. The van der Waals surface area contributed by atoms with Crippen LogP contribution in [-0.2, 0) is 4.79 Å². The van der Waals surface area contributed by atoms with E-state index in [-0.39, 0.29) is 0 Å². The minimum atomic E-state index is -0.578. The zero-order valence-corrected chi connectivity index (χ0v) is 11.2. The molecular formula is C15H25NO2. The van der Waals surface area contributed by atoms with Gasteiger partial charge in [-0.25, -0.2) is 0 Å². The summed E-state index contributed by atoms with van der Waals surface area (Å²) in [6.07, 6.45) is 10.8. The molecule has 1 aliphatic heterocycles. The van der Waals surface area contributed by atoms with Crippen LogP contribution in [0.1, 0.15) is 57.8 Å². The predicted molar refractivity (Wildman–Crippen MR) is 70.4 cm³/mol. The van der Waals surface area contributed by atoms with Crippen molar-refractivity contribution in [1.29, 1.82) is 0 Å². The summed E-state index contributed by atoms with van der Waals surface area (Å²) >= 11 is 0. The molecule has 0 aromatic carbocycles. The average Bonchev–Trinajstić information content (AvgIpc) is 2.80. The van der Waals surface area contributed by atoms with Gasteiger partial charge in [-0.1, -0.05) is 32.1 Å². The van der Waals surface area contributed by atoms with Crippen molar-refractivity contribution in [3.63, 3.8) is 0 Å². The van der Waals surface area contributed by atoms with Gasteiger partial charge in [-0.05, 0) is 50.0 Å². The Morgan fingerprint density at radius 1 is 1.00 bits per heavy atom. The first-order chi connectivity index (χ1) is 8.75. The Morgan fingerprint density at radius 2 is 1.67 bits per heavy atom. The van der Waals surface area contributed by atoms with Gasteiger partial charge in [0.05, 0.1) is 0 Å². The van der Waals surface area contributed by atoms with Gasteiger partial charge in [-0.2, -0.15) is 0 Å². The molecule has 1 heterocycles. The van der Waals surface area contributed by atoms with Gasteiger partial charge < -0.3 is 10.4 Å². The molecule has 3 aliphatic rings. The fourth-order valence-electron chi connectivity index (χ4n) is 4.90. The van der Waals surface area contributed by atoms with E-state index < -0.39 is 11.5 Å². The average molecular weight is 251 g/mol. The van der Waals surface area contributed by atoms with Gasteiger partial charge >= 0.3 is 5.97 Å². The molecule has 3 nitrogen and oxygen atoms in total. The van der Waals surface area contributed by atoms with E-state index in [1.165, 1.54) is 38.5 Å². The molecule has 0 bridgehead atoms. The molecule has 0 radical (unpaired) electrons. The quantitative estimate of drug-likeness (QED) is 0.793. The minimum Gasteiger partial charge on any atom is -0.480 e. The Bertz CT molecular complexity index is 324. The second-order valence-corrected chi connectivity index (χ2v) is 6.54. The molecule has 2 saturated carbocycles. The molecule has 3 fully saturated rings. The summed E-state index contributed by atoms with van der Waals surface area (Å²) in [7, 11) is 0. The summed E-state index contributed by atoms with van der Waals surface area (Å²) in [4.78, 5) is 12.0. The number of carboxylic acid groups (broad SMARTS) is 1. The van der Waals surface area contributed by atoms with E-state index in [0.29, 0.717) is 17.8 Å². The lowest BCUT2D eigenvalue weighted by molar-refractivity contribution is -0.150. The van der Waals surface area contributed by atoms with E-state index in [1.54, 1.807) is 0 Å². The second kappa shape index (κ2) is 4.84. The number of hydrogen-bond acceptors (Lipinski definition) is 2. The van der Waals surface area contributed by atoms with Crippen LogP contribution in [0.5, 0.6) is 0 Å². The number of rotatable bonds is 2. The molecule has 0 spiro atoms. The van der Waals surface area contributed by atoms with Crippen molar-refractivity contribution in [2.45, 2.75) is 63.3 Å². The van der Waals surface area contributed by atoms with Crippen LogP contribution >= 0.6 is 0 Å². The normalized spacial score (nSPS) is 41.6. The zero-order chi connectivity index (χ0) is 12.6. The molecule has 3 rings (SSSR count). The van der Waals surface area contributed by atoms with Crippen LogP contribution < -0.4 is 5.32 Å². The van der Waals surface area contributed by atoms with Crippen LogP contribution in [0.4, 0.5) is 0 Å². The second-order valence-electron chi connectivity index (χ2n) is 6.54. The van der Waals surface area contributed by atoms with Gasteiger partial charge in [0.2, 0.25) is 0 Å². The first kappa shape index (κ1) is 12.5. The van der Waals surface area contributed by atoms with Crippen LogP contribution in [0.3, 0.4) is 0 Å². The highest BCUT2D eigenvalue weighted by atomic mass is 16.4. The molecule has 0 aromatic rings. The van der Waals surface area contributed by atoms with Crippen molar-refractivity contribution in [3.8, 4) is 0 Å². The topological polar surface area (TPSA) is 49.3 Å². The van der Waals surface area contributed by atoms with Crippen molar-refractivity contribution in [2.75, 3.05) is 6.54 Å². The van der Waals surface area contributed by atoms with Crippen molar-refractivity contribution in [1.82, 2.24) is 5.32 Å². The zero-order valence-electron chi connectivity index (χ0n) is 11.2. The van der Waals surface area contributed by atoms with Gasteiger partial charge in [-0.3, -0.25) is 4.79 Å². The fourth-order valence-corrected chi connectivity index (χ4v) is 4.90. The Balaban J connectivity index is 1.88.